The van der Waals surface area contributed by atoms with E-state index in [-0.39, 0.29) is 5.69 Å². The van der Waals surface area contributed by atoms with E-state index in [0.717, 1.165) is 31.0 Å². The van der Waals surface area contributed by atoms with Crippen molar-refractivity contribution < 1.29 is 22.3 Å². The minimum absolute atomic E-state index is 0.0960. The Morgan fingerprint density at radius 3 is 2.53 bits per heavy atom. The SMILES string of the molecule is Fc1ccc(C(F)(F)F)cc1NCC1CCOCC1. The fourth-order valence-electron chi connectivity index (χ4n) is 2.04. The highest BCUT2D eigenvalue weighted by atomic mass is 19.4. The van der Waals surface area contributed by atoms with Crippen LogP contribution in [0.4, 0.5) is 23.2 Å². The van der Waals surface area contributed by atoms with Gasteiger partial charge in [-0.2, -0.15) is 13.2 Å². The van der Waals surface area contributed by atoms with Crippen molar-refractivity contribution in [2.24, 2.45) is 5.92 Å². The number of anilines is 1. The average molecular weight is 277 g/mol. The number of rotatable bonds is 3. The van der Waals surface area contributed by atoms with Crippen molar-refractivity contribution >= 4 is 5.69 Å². The zero-order chi connectivity index (χ0) is 13.9. The van der Waals surface area contributed by atoms with E-state index in [1.807, 2.05) is 0 Å². The monoisotopic (exact) mass is 277 g/mol. The Labute approximate surface area is 108 Å². The Morgan fingerprint density at radius 1 is 1.21 bits per heavy atom. The molecule has 2 nitrogen and oxygen atoms in total. The second-order valence-corrected chi connectivity index (χ2v) is 4.63. The summed E-state index contributed by atoms with van der Waals surface area (Å²) in [4.78, 5) is 0. The van der Waals surface area contributed by atoms with Gasteiger partial charge in [0.2, 0.25) is 0 Å². The van der Waals surface area contributed by atoms with Crippen molar-refractivity contribution in [2.75, 3.05) is 25.1 Å². The van der Waals surface area contributed by atoms with Crippen LogP contribution in [0.15, 0.2) is 18.2 Å². The van der Waals surface area contributed by atoms with E-state index in [0.29, 0.717) is 25.7 Å². The molecule has 0 aromatic heterocycles. The molecule has 0 spiro atoms. The summed E-state index contributed by atoms with van der Waals surface area (Å²) in [7, 11) is 0. The van der Waals surface area contributed by atoms with Gasteiger partial charge < -0.3 is 10.1 Å². The van der Waals surface area contributed by atoms with Crippen molar-refractivity contribution in [2.45, 2.75) is 19.0 Å². The molecule has 0 bridgehead atoms. The molecular weight excluding hydrogens is 262 g/mol. The summed E-state index contributed by atoms with van der Waals surface area (Å²) in [5.41, 5.74) is -0.940. The van der Waals surface area contributed by atoms with Crippen LogP contribution in [-0.2, 0) is 10.9 Å². The highest BCUT2D eigenvalue weighted by Crippen LogP contribution is 2.32. The van der Waals surface area contributed by atoms with E-state index in [2.05, 4.69) is 5.32 Å². The van der Waals surface area contributed by atoms with Crippen LogP contribution in [-0.4, -0.2) is 19.8 Å². The normalized spacial score (nSPS) is 17.5. The average Bonchev–Trinajstić information content (AvgIpc) is 2.37. The third-order valence-electron chi connectivity index (χ3n) is 3.22. The number of benzene rings is 1. The molecular formula is C13H15F4NO. The van der Waals surface area contributed by atoms with Crippen LogP contribution in [0, 0.1) is 11.7 Å². The highest BCUT2D eigenvalue weighted by Gasteiger charge is 2.31. The number of hydrogen-bond donors (Lipinski definition) is 1. The maximum absolute atomic E-state index is 13.5. The van der Waals surface area contributed by atoms with E-state index in [1.165, 1.54) is 0 Å². The Morgan fingerprint density at radius 2 is 1.89 bits per heavy atom. The maximum Gasteiger partial charge on any atom is 0.416 e. The van der Waals surface area contributed by atoms with Gasteiger partial charge in [-0.1, -0.05) is 0 Å². The van der Waals surface area contributed by atoms with Crippen LogP contribution in [0.2, 0.25) is 0 Å². The highest BCUT2D eigenvalue weighted by molar-refractivity contribution is 5.48. The number of ether oxygens (including phenoxy) is 1. The third kappa shape index (κ3) is 3.83. The smallest absolute Gasteiger partial charge is 0.382 e. The molecule has 1 aromatic rings. The number of alkyl halides is 3. The molecule has 1 aliphatic rings. The maximum atomic E-state index is 13.5. The molecule has 0 atom stereocenters. The molecule has 1 N–H and O–H groups in total. The van der Waals surface area contributed by atoms with Crippen LogP contribution in [0.5, 0.6) is 0 Å². The quantitative estimate of drug-likeness (QED) is 0.851. The molecule has 2 rings (SSSR count). The van der Waals surface area contributed by atoms with E-state index >= 15 is 0 Å². The van der Waals surface area contributed by atoms with Gasteiger partial charge >= 0.3 is 6.18 Å². The van der Waals surface area contributed by atoms with E-state index in [1.54, 1.807) is 0 Å². The van der Waals surface area contributed by atoms with E-state index in [9.17, 15) is 17.6 Å². The number of nitrogens with one attached hydrogen (secondary N) is 1. The van der Waals surface area contributed by atoms with Gasteiger partial charge in [0.1, 0.15) is 5.82 Å². The Kier molecular flexibility index (Phi) is 4.29. The van der Waals surface area contributed by atoms with Crippen LogP contribution in [0.1, 0.15) is 18.4 Å². The van der Waals surface area contributed by atoms with Crippen LogP contribution in [0.25, 0.3) is 0 Å². The fraction of sp³-hybridized carbons (Fsp3) is 0.538. The zero-order valence-corrected chi connectivity index (χ0v) is 10.3. The first-order valence-corrected chi connectivity index (χ1v) is 6.15. The summed E-state index contributed by atoms with van der Waals surface area (Å²) in [6, 6.07) is 2.40. The van der Waals surface area contributed by atoms with Gasteiger partial charge in [0.25, 0.3) is 0 Å². The van der Waals surface area contributed by atoms with Crippen LogP contribution < -0.4 is 5.32 Å². The largest absolute Gasteiger partial charge is 0.416 e. The lowest BCUT2D eigenvalue weighted by atomic mass is 10.0. The van der Waals surface area contributed by atoms with Gasteiger partial charge in [-0.3, -0.25) is 0 Å². The van der Waals surface area contributed by atoms with Crippen LogP contribution in [0.3, 0.4) is 0 Å². The number of hydrogen-bond acceptors (Lipinski definition) is 2. The molecule has 0 amide bonds. The first-order valence-electron chi connectivity index (χ1n) is 6.15. The Balaban J connectivity index is 2.02. The van der Waals surface area contributed by atoms with Crippen molar-refractivity contribution in [3.05, 3.63) is 29.6 Å². The number of halogens is 4. The van der Waals surface area contributed by atoms with E-state index < -0.39 is 17.6 Å². The summed E-state index contributed by atoms with van der Waals surface area (Å²) >= 11 is 0. The summed E-state index contributed by atoms with van der Waals surface area (Å²) < 4.78 is 56.2. The molecule has 0 saturated carbocycles. The fourth-order valence-corrected chi connectivity index (χ4v) is 2.04. The molecule has 1 heterocycles. The van der Waals surface area contributed by atoms with Gasteiger partial charge in [0.05, 0.1) is 11.3 Å². The standard InChI is InChI=1S/C13H15F4NO/c14-11-2-1-10(13(15,16)17)7-12(11)18-8-9-3-5-19-6-4-9/h1-2,7,9,18H,3-6,8H2. The molecule has 106 valence electrons. The van der Waals surface area contributed by atoms with Crippen molar-refractivity contribution in [1.29, 1.82) is 0 Å². The topological polar surface area (TPSA) is 21.3 Å². The van der Waals surface area contributed by atoms with E-state index in [4.69, 9.17) is 4.74 Å². The first-order chi connectivity index (χ1) is 8.97. The van der Waals surface area contributed by atoms with Gasteiger partial charge in [-0.05, 0) is 37.0 Å². The second kappa shape index (κ2) is 5.77. The van der Waals surface area contributed by atoms with Crippen molar-refractivity contribution in [3.8, 4) is 0 Å². The molecule has 1 fully saturated rings. The summed E-state index contributed by atoms with van der Waals surface area (Å²) in [6.07, 6.45) is -2.77. The Bertz CT molecular complexity index is 427. The minimum atomic E-state index is -4.46. The molecule has 1 aromatic carbocycles. The van der Waals surface area contributed by atoms with Gasteiger partial charge in [-0.15, -0.1) is 0 Å². The molecule has 0 aliphatic carbocycles. The predicted octanol–water partition coefficient (Wildman–Crippen LogP) is 3.68. The Hall–Kier alpha value is -1.30. The molecule has 0 radical (unpaired) electrons. The minimum Gasteiger partial charge on any atom is -0.382 e. The lowest BCUT2D eigenvalue weighted by molar-refractivity contribution is -0.137. The summed E-state index contributed by atoms with van der Waals surface area (Å²) in [6.45, 7) is 1.76. The zero-order valence-electron chi connectivity index (χ0n) is 10.3. The lowest BCUT2D eigenvalue weighted by Gasteiger charge is -2.23. The second-order valence-electron chi connectivity index (χ2n) is 4.63. The van der Waals surface area contributed by atoms with Crippen molar-refractivity contribution in [3.63, 3.8) is 0 Å². The molecule has 1 saturated heterocycles. The molecule has 6 heteroatoms. The third-order valence-corrected chi connectivity index (χ3v) is 3.22. The van der Waals surface area contributed by atoms with Gasteiger partial charge in [0, 0.05) is 19.8 Å². The predicted molar refractivity (Wildman–Crippen MR) is 63.4 cm³/mol. The van der Waals surface area contributed by atoms with Gasteiger partial charge in [0.15, 0.2) is 0 Å². The molecule has 19 heavy (non-hydrogen) atoms. The molecule has 0 unspecified atom stereocenters. The van der Waals surface area contributed by atoms with Crippen molar-refractivity contribution in [1.82, 2.24) is 0 Å². The summed E-state index contributed by atoms with van der Waals surface area (Å²) in [5.74, 6) is -0.359. The van der Waals surface area contributed by atoms with Gasteiger partial charge in [-0.25, -0.2) is 4.39 Å². The molecule has 1 aliphatic heterocycles. The first kappa shape index (κ1) is 14.1. The summed E-state index contributed by atoms with van der Waals surface area (Å²) in [5, 5.41) is 2.76. The van der Waals surface area contributed by atoms with Crippen LogP contribution >= 0.6 is 0 Å². The lowest BCUT2D eigenvalue weighted by Crippen LogP contribution is -2.23.